The Bertz CT molecular complexity index is 905. The van der Waals surface area contributed by atoms with Crippen LogP contribution in [-0.4, -0.2) is 49.7 Å². The summed E-state index contributed by atoms with van der Waals surface area (Å²) in [6, 6.07) is 6.12. The molecule has 4 aliphatic rings. The number of nitrogens with zero attached hydrogens (tertiary/aromatic N) is 2. The molecule has 168 valence electrons. The summed E-state index contributed by atoms with van der Waals surface area (Å²) in [6.07, 6.45) is 5.95. The molecular weight excluding hydrogens is 408 g/mol. The highest BCUT2D eigenvalue weighted by atomic mass is 35.5. The van der Waals surface area contributed by atoms with Gasteiger partial charge in [0.1, 0.15) is 6.10 Å². The Hall–Kier alpha value is -1.52. The molecule has 0 spiro atoms. The summed E-state index contributed by atoms with van der Waals surface area (Å²) < 4.78 is 5.97. The van der Waals surface area contributed by atoms with Crippen molar-refractivity contribution in [3.05, 3.63) is 39.9 Å². The second kappa shape index (κ2) is 8.12. The lowest BCUT2D eigenvalue weighted by atomic mass is 9.59. The van der Waals surface area contributed by atoms with E-state index in [0.29, 0.717) is 5.92 Å². The van der Waals surface area contributed by atoms with Crippen LogP contribution < -0.4 is 4.90 Å². The molecule has 2 aliphatic heterocycles. The van der Waals surface area contributed by atoms with Gasteiger partial charge in [0, 0.05) is 49.4 Å². The van der Waals surface area contributed by atoms with Crippen LogP contribution in [0.5, 0.6) is 0 Å². The zero-order valence-electron chi connectivity index (χ0n) is 19.1. The molecular formula is C26H35ClN2O2. The number of halogens is 1. The van der Waals surface area contributed by atoms with Gasteiger partial charge in [-0.1, -0.05) is 35.7 Å². The maximum Gasteiger partial charge on any atom is 0.310 e. The van der Waals surface area contributed by atoms with Crippen LogP contribution in [0.2, 0.25) is 5.02 Å². The largest absolute Gasteiger partial charge is 0.462 e. The summed E-state index contributed by atoms with van der Waals surface area (Å²) in [4.78, 5) is 17.8. The molecule has 2 aliphatic carbocycles. The SMILES string of the molecule is CC1=C2C[C@@H]3C(CN4CCN(c5cc(Cl)ccc5C)CC4)C(=O)O[C@@H]3C[C@@]2(C)CCC1. The predicted octanol–water partition coefficient (Wildman–Crippen LogP) is 5.23. The molecule has 2 saturated heterocycles. The summed E-state index contributed by atoms with van der Waals surface area (Å²) in [5.74, 6) is 0.427. The summed E-state index contributed by atoms with van der Waals surface area (Å²) in [6.45, 7) is 11.6. The first-order valence-corrected chi connectivity index (χ1v) is 12.3. The lowest BCUT2D eigenvalue weighted by molar-refractivity contribution is -0.145. The van der Waals surface area contributed by atoms with Crippen LogP contribution in [0.3, 0.4) is 0 Å². The third-order valence-corrected chi connectivity index (χ3v) is 8.75. The van der Waals surface area contributed by atoms with Gasteiger partial charge in [-0.15, -0.1) is 0 Å². The minimum absolute atomic E-state index is 0.0243. The number of anilines is 1. The molecule has 1 unspecified atom stereocenters. The van der Waals surface area contributed by atoms with E-state index in [1.807, 2.05) is 6.07 Å². The van der Waals surface area contributed by atoms with Crippen molar-refractivity contribution >= 4 is 23.3 Å². The van der Waals surface area contributed by atoms with E-state index in [4.69, 9.17) is 16.3 Å². The number of hydrogen-bond donors (Lipinski definition) is 0. The molecule has 0 N–H and O–H groups in total. The van der Waals surface area contributed by atoms with Crippen LogP contribution in [0, 0.1) is 24.2 Å². The van der Waals surface area contributed by atoms with E-state index in [1.54, 1.807) is 11.1 Å². The molecule has 0 bridgehead atoms. The fourth-order valence-corrected chi connectivity index (χ4v) is 6.86. The number of carbonyl (C=O) groups excluding carboxylic acids is 1. The minimum atomic E-state index is 0.0243. The van der Waals surface area contributed by atoms with Crippen LogP contribution in [0.4, 0.5) is 5.69 Å². The summed E-state index contributed by atoms with van der Waals surface area (Å²) in [5.41, 5.74) is 5.97. The van der Waals surface area contributed by atoms with Crippen LogP contribution in [0.15, 0.2) is 29.3 Å². The molecule has 0 radical (unpaired) electrons. The van der Waals surface area contributed by atoms with Crippen molar-refractivity contribution in [3.8, 4) is 0 Å². The second-order valence-corrected chi connectivity index (χ2v) is 11.0. The van der Waals surface area contributed by atoms with Gasteiger partial charge in [0.25, 0.3) is 0 Å². The van der Waals surface area contributed by atoms with Crippen molar-refractivity contribution in [1.82, 2.24) is 4.90 Å². The van der Waals surface area contributed by atoms with Crippen molar-refractivity contribution in [1.29, 1.82) is 0 Å². The zero-order valence-corrected chi connectivity index (χ0v) is 19.9. The molecule has 0 aromatic heterocycles. The summed E-state index contributed by atoms with van der Waals surface area (Å²) >= 11 is 6.24. The van der Waals surface area contributed by atoms with Crippen LogP contribution in [0.1, 0.15) is 51.5 Å². The number of rotatable bonds is 3. The van der Waals surface area contributed by atoms with Crippen molar-refractivity contribution in [2.75, 3.05) is 37.6 Å². The Morgan fingerprint density at radius 1 is 1.19 bits per heavy atom. The molecule has 1 aromatic rings. The van der Waals surface area contributed by atoms with Gasteiger partial charge in [-0.05, 0) is 69.1 Å². The Balaban J connectivity index is 1.25. The maximum absolute atomic E-state index is 12.9. The van der Waals surface area contributed by atoms with Crippen molar-refractivity contribution in [2.24, 2.45) is 17.3 Å². The Labute approximate surface area is 191 Å². The standard InChI is InChI=1S/C26H35ClN2O2/c1-17-5-4-8-26(3)15-24-20(14-22(17)26)21(25(30)31-24)16-28-9-11-29(12-10-28)23-13-19(27)7-6-18(23)2/h6-7,13,20-21,24H,4-5,8-12,14-16H2,1-3H3/t20-,21?,24-,26-/m1/s1. The van der Waals surface area contributed by atoms with Gasteiger partial charge in [0.15, 0.2) is 0 Å². The molecule has 1 saturated carbocycles. The highest BCUT2D eigenvalue weighted by Gasteiger charge is 2.53. The van der Waals surface area contributed by atoms with Crippen molar-refractivity contribution < 1.29 is 9.53 Å². The number of carbonyl (C=O) groups is 1. The van der Waals surface area contributed by atoms with Crippen molar-refractivity contribution in [3.63, 3.8) is 0 Å². The molecule has 4 atom stereocenters. The minimum Gasteiger partial charge on any atom is -0.462 e. The van der Waals surface area contributed by atoms with Gasteiger partial charge in [-0.25, -0.2) is 0 Å². The van der Waals surface area contributed by atoms with Crippen molar-refractivity contribution in [2.45, 2.75) is 59.0 Å². The number of fused-ring (bicyclic) bond motifs is 2. The molecule has 31 heavy (non-hydrogen) atoms. The molecule has 2 heterocycles. The van der Waals surface area contributed by atoms with Crippen LogP contribution in [0.25, 0.3) is 0 Å². The highest BCUT2D eigenvalue weighted by Crippen LogP contribution is 2.55. The van der Waals surface area contributed by atoms with E-state index in [9.17, 15) is 4.79 Å². The van der Waals surface area contributed by atoms with E-state index >= 15 is 0 Å². The van der Waals surface area contributed by atoms with Gasteiger partial charge in [0.2, 0.25) is 0 Å². The van der Waals surface area contributed by atoms with Gasteiger partial charge < -0.3 is 9.64 Å². The topological polar surface area (TPSA) is 32.8 Å². The normalized spacial score (nSPS) is 33.9. The number of ether oxygens (including phenoxy) is 1. The molecule has 1 aromatic carbocycles. The second-order valence-electron chi connectivity index (χ2n) is 10.5. The first-order chi connectivity index (χ1) is 14.8. The Morgan fingerprint density at radius 2 is 1.97 bits per heavy atom. The average molecular weight is 443 g/mol. The van der Waals surface area contributed by atoms with Gasteiger partial charge in [0.05, 0.1) is 5.92 Å². The molecule has 0 amide bonds. The lowest BCUT2D eigenvalue weighted by Crippen LogP contribution is -2.49. The monoisotopic (exact) mass is 442 g/mol. The van der Waals surface area contributed by atoms with Gasteiger partial charge >= 0.3 is 5.97 Å². The van der Waals surface area contributed by atoms with Crippen LogP contribution in [-0.2, 0) is 9.53 Å². The summed E-state index contributed by atoms with van der Waals surface area (Å²) in [7, 11) is 0. The first-order valence-electron chi connectivity index (χ1n) is 12.0. The van der Waals surface area contributed by atoms with Gasteiger partial charge in [-0.2, -0.15) is 0 Å². The molecule has 5 heteroatoms. The average Bonchev–Trinajstić information content (AvgIpc) is 3.02. The highest BCUT2D eigenvalue weighted by molar-refractivity contribution is 6.30. The van der Waals surface area contributed by atoms with E-state index in [1.165, 1.54) is 30.5 Å². The van der Waals surface area contributed by atoms with E-state index in [0.717, 1.165) is 50.6 Å². The fourth-order valence-electron chi connectivity index (χ4n) is 6.69. The molecule has 4 nitrogen and oxygen atoms in total. The van der Waals surface area contributed by atoms with Gasteiger partial charge in [-0.3, -0.25) is 9.69 Å². The van der Waals surface area contributed by atoms with E-state index in [-0.39, 0.29) is 23.4 Å². The molecule has 3 fully saturated rings. The summed E-state index contributed by atoms with van der Waals surface area (Å²) in [5, 5.41) is 0.791. The van der Waals surface area contributed by atoms with Crippen LogP contribution >= 0.6 is 11.6 Å². The lowest BCUT2D eigenvalue weighted by Gasteiger charge is -2.46. The zero-order chi connectivity index (χ0) is 21.8. The van der Waals surface area contributed by atoms with E-state index < -0.39 is 0 Å². The first kappa shape index (κ1) is 21.3. The predicted molar refractivity (Wildman–Crippen MR) is 126 cm³/mol. The number of benzene rings is 1. The number of aryl methyl sites for hydroxylation is 1. The molecule has 5 rings (SSSR count). The number of piperazine rings is 1. The quantitative estimate of drug-likeness (QED) is 0.474. The smallest absolute Gasteiger partial charge is 0.310 e. The number of allylic oxidation sites excluding steroid dienone is 2. The van der Waals surface area contributed by atoms with E-state index in [2.05, 4.69) is 42.7 Å². The fraction of sp³-hybridized carbons (Fsp3) is 0.654. The number of hydrogen-bond acceptors (Lipinski definition) is 4. The number of esters is 1. The maximum atomic E-state index is 12.9. The third kappa shape index (κ3) is 3.91. The third-order valence-electron chi connectivity index (χ3n) is 8.52. The Kier molecular flexibility index (Phi) is 5.58. The Morgan fingerprint density at radius 3 is 2.74 bits per heavy atom.